The lowest BCUT2D eigenvalue weighted by Gasteiger charge is -2.07. The molecule has 0 radical (unpaired) electrons. The zero-order chi connectivity index (χ0) is 12.3. The fourth-order valence-corrected chi connectivity index (χ4v) is 1.49. The molecule has 17 heavy (non-hydrogen) atoms. The lowest BCUT2D eigenvalue weighted by Crippen LogP contribution is -2.09. The number of H-pyrrole nitrogens is 1. The first-order valence-corrected chi connectivity index (χ1v) is 5.16. The Balaban J connectivity index is 2.27. The third-order valence-corrected chi connectivity index (χ3v) is 2.20. The summed E-state index contributed by atoms with van der Waals surface area (Å²) >= 11 is 0. The van der Waals surface area contributed by atoms with Crippen LogP contribution >= 0.6 is 0 Å². The molecule has 1 aromatic heterocycles. The molecule has 2 rings (SSSR count). The van der Waals surface area contributed by atoms with E-state index in [9.17, 15) is 4.79 Å². The van der Waals surface area contributed by atoms with Gasteiger partial charge in [0, 0.05) is 17.8 Å². The number of ether oxygens (including phenoxy) is 1. The average molecular weight is 231 g/mol. The van der Waals surface area contributed by atoms with Gasteiger partial charge in [-0.15, -0.1) is 0 Å². The van der Waals surface area contributed by atoms with E-state index in [2.05, 4.69) is 15.3 Å². The minimum absolute atomic E-state index is 0.178. The molecule has 0 aliphatic heterocycles. The highest BCUT2D eigenvalue weighted by atomic mass is 16.5. The van der Waals surface area contributed by atoms with Crippen molar-refractivity contribution in [1.82, 2.24) is 9.97 Å². The number of methoxy groups -OCH3 is 1. The van der Waals surface area contributed by atoms with Crippen LogP contribution in [0.5, 0.6) is 5.75 Å². The predicted molar refractivity (Wildman–Crippen MR) is 65.9 cm³/mol. The van der Waals surface area contributed by atoms with E-state index >= 15 is 0 Å². The zero-order valence-corrected chi connectivity index (χ0v) is 9.65. The van der Waals surface area contributed by atoms with Crippen molar-refractivity contribution in [3.8, 4) is 5.75 Å². The lowest BCUT2D eigenvalue weighted by atomic mass is 10.3. The predicted octanol–water partition coefficient (Wildman–Crippen LogP) is 1.83. The molecular formula is C12H13N3O2. The van der Waals surface area contributed by atoms with E-state index in [-0.39, 0.29) is 5.56 Å². The van der Waals surface area contributed by atoms with Crippen molar-refractivity contribution in [3.63, 3.8) is 0 Å². The van der Waals surface area contributed by atoms with Crippen molar-refractivity contribution in [1.29, 1.82) is 0 Å². The van der Waals surface area contributed by atoms with Gasteiger partial charge in [0.15, 0.2) is 0 Å². The van der Waals surface area contributed by atoms with Crippen LogP contribution in [-0.2, 0) is 0 Å². The number of aromatic nitrogens is 2. The average Bonchev–Trinajstić information content (AvgIpc) is 2.28. The maximum Gasteiger partial charge on any atom is 0.252 e. The molecule has 0 bridgehead atoms. The molecule has 5 heteroatoms. The number of hydrogen-bond donors (Lipinski definition) is 2. The van der Waals surface area contributed by atoms with Crippen LogP contribution in [0.25, 0.3) is 0 Å². The van der Waals surface area contributed by atoms with Crippen LogP contribution in [0.1, 0.15) is 5.82 Å². The van der Waals surface area contributed by atoms with Crippen molar-refractivity contribution >= 4 is 11.5 Å². The van der Waals surface area contributed by atoms with Crippen molar-refractivity contribution in [2.45, 2.75) is 6.92 Å². The maximum absolute atomic E-state index is 11.3. The monoisotopic (exact) mass is 231 g/mol. The van der Waals surface area contributed by atoms with E-state index in [4.69, 9.17) is 4.74 Å². The van der Waals surface area contributed by atoms with Gasteiger partial charge in [0.05, 0.1) is 7.11 Å². The highest BCUT2D eigenvalue weighted by molar-refractivity contribution is 5.57. The molecule has 0 saturated heterocycles. The number of aryl methyl sites for hydroxylation is 1. The Hall–Kier alpha value is -2.30. The molecule has 0 saturated carbocycles. The van der Waals surface area contributed by atoms with E-state index in [1.807, 2.05) is 24.3 Å². The Morgan fingerprint density at radius 2 is 2.18 bits per heavy atom. The number of nitrogens with zero attached hydrogens (tertiary/aromatic N) is 1. The summed E-state index contributed by atoms with van der Waals surface area (Å²) in [4.78, 5) is 18.0. The van der Waals surface area contributed by atoms with Crippen LogP contribution in [0, 0.1) is 6.92 Å². The minimum atomic E-state index is -0.178. The summed E-state index contributed by atoms with van der Waals surface area (Å²) in [6, 6.07) is 8.83. The molecule has 88 valence electrons. The van der Waals surface area contributed by atoms with Gasteiger partial charge in [-0.05, 0) is 19.1 Å². The van der Waals surface area contributed by atoms with Gasteiger partial charge in [-0.1, -0.05) is 6.07 Å². The topological polar surface area (TPSA) is 67.0 Å². The SMILES string of the molecule is COc1cccc(Nc2cc(=O)[nH]c(C)n2)c1. The van der Waals surface area contributed by atoms with Crippen LogP contribution in [-0.4, -0.2) is 17.1 Å². The highest BCUT2D eigenvalue weighted by Crippen LogP contribution is 2.19. The molecule has 1 heterocycles. The standard InChI is InChI=1S/C12H13N3O2/c1-8-13-11(7-12(16)14-8)15-9-4-3-5-10(6-9)17-2/h3-7H,1-2H3,(H2,13,14,15,16). The Kier molecular flexibility index (Phi) is 3.09. The maximum atomic E-state index is 11.3. The highest BCUT2D eigenvalue weighted by Gasteiger charge is 2.00. The first-order chi connectivity index (χ1) is 8.17. The fraction of sp³-hybridized carbons (Fsp3) is 0.167. The first kappa shape index (κ1) is 11.2. The summed E-state index contributed by atoms with van der Waals surface area (Å²) < 4.78 is 5.11. The van der Waals surface area contributed by atoms with E-state index < -0.39 is 0 Å². The van der Waals surface area contributed by atoms with Crippen LogP contribution in [0.15, 0.2) is 35.1 Å². The molecule has 2 aromatic rings. The van der Waals surface area contributed by atoms with Gasteiger partial charge in [0.1, 0.15) is 17.4 Å². The number of benzene rings is 1. The second-order valence-corrected chi connectivity index (χ2v) is 3.57. The number of aromatic amines is 1. The summed E-state index contributed by atoms with van der Waals surface area (Å²) in [6.45, 7) is 1.73. The summed E-state index contributed by atoms with van der Waals surface area (Å²) in [5, 5.41) is 3.05. The molecule has 0 atom stereocenters. The summed E-state index contributed by atoms with van der Waals surface area (Å²) in [7, 11) is 1.61. The van der Waals surface area contributed by atoms with E-state index in [1.54, 1.807) is 14.0 Å². The number of rotatable bonds is 3. The van der Waals surface area contributed by atoms with Gasteiger partial charge >= 0.3 is 0 Å². The minimum Gasteiger partial charge on any atom is -0.497 e. The van der Waals surface area contributed by atoms with Gasteiger partial charge < -0.3 is 15.0 Å². The molecule has 0 aliphatic carbocycles. The lowest BCUT2D eigenvalue weighted by molar-refractivity contribution is 0.415. The molecule has 2 N–H and O–H groups in total. The van der Waals surface area contributed by atoms with E-state index in [0.717, 1.165) is 11.4 Å². The Morgan fingerprint density at radius 3 is 2.88 bits per heavy atom. The van der Waals surface area contributed by atoms with Gasteiger partial charge in [-0.3, -0.25) is 4.79 Å². The molecule has 0 fully saturated rings. The molecule has 0 aliphatic rings. The van der Waals surface area contributed by atoms with Crippen LogP contribution < -0.4 is 15.6 Å². The molecular weight excluding hydrogens is 218 g/mol. The second kappa shape index (κ2) is 4.69. The molecule has 1 aromatic carbocycles. The van der Waals surface area contributed by atoms with Crippen molar-refractivity contribution < 1.29 is 4.74 Å². The summed E-state index contributed by atoms with van der Waals surface area (Å²) in [5.74, 6) is 1.83. The normalized spacial score (nSPS) is 10.0. The molecule has 0 unspecified atom stereocenters. The number of nitrogens with one attached hydrogen (secondary N) is 2. The van der Waals surface area contributed by atoms with Gasteiger partial charge in [0.2, 0.25) is 0 Å². The van der Waals surface area contributed by atoms with Crippen molar-refractivity contribution in [3.05, 3.63) is 46.5 Å². The third kappa shape index (κ3) is 2.84. The van der Waals surface area contributed by atoms with Crippen molar-refractivity contribution in [2.75, 3.05) is 12.4 Å². The van der Waals surface area contributed by atoms with E-state index in [1.165, 1.54) is 6.07 Å². The first-order valence-electron chi connectivity index (χ1n) is 5.16. The van der Waals surface area contributed by atoms with Crippen LogP contribution in [0.4, 0.5) is 11.5 Å². The molecule has 0 amide bonds. The number of anilines is 2. The summed E-state index contributed by atoms with van der Waals surface area (Å²) in [5.41, 5.74) is 0.643. The number of hydrogen-bond acceptors (Lipinski definition) is 4. The Morgan fingerprint density at radius 1 is 1.35 bits per heavy atom. The van der Waals surface area contributed by atoms with Gasteiger partial charge in [-0.25, -0.2) is 4.98 Å². The molecule has 0 spiro atoms. The van der Waals surface area contributed by atoms with Gasteiger partial charge in [-0.2, -0.15) is 0 Å². The quantitative estimate of drug-likeness (QED) is 0.845. The van der Waals surface area contributed by atoms with Gasteiger partial charge in [0.25, 0.3) is 5.56 Å². The molecule has 5 nitrogen and oxygen atoms in total. The fourth-order valence-electron chi connectivity index (χ4n) is 1.49. The third-order valence-electron chi connectivity index (χ3n) is 2.20. The zero-order valence-electron chi connectivity index (χ0n) is 9.65. The van der Waals surface area contributed by atoms with Crippen molar-refractivity contribution in [2.24, 2.45) is 0 Å². The smallest absolute Gasteiger partial charge is 0.252 e. The second-order valence-electron chi connectivity index (χ2n) is 3.57. The van der Waals surface area contributed by atoms with E-state index in [0.29, 0.717) is 11.6 Å². The largest absolute Gasteiger partial charge is 0.497 e. The Labute approximate surface area is 98.5 Å². The van der Waals surface area contributed by atoms with Crippen LogP contribution in [0.3, 0.4) is 0 Å². The Bertz CT molecular complexity index is 578. The van der Waals surface area contributed by atoms with Crippen LogP contribution in [0.2, 0.25) is 0 Å². The summed E-state index contributed by atoms with van der Waals surface area (Å²) in [6.07, 6.45) is 0.